The minimum Gasteiger partial charge on any atom is -0.433 e. The van der Waals surface area contributed by atoms with Crippen molar-refractivity contribution in [2.45, 2.75) is 43.9 Å². The molecule has 0 saturated heterocycles. The van der Waals surface area contributed by atoms with E-state index in [0.29, 0.717) is 35.0 Å². The van der Waals surface area contributed by atoms with Gasteiger partial charge in [-0.05, 0) is 31.9 Å². The van der Waals surface area contributed by atoms with Crippen LogP contribution in [0.15, 0.2) is 52.2 Å². The fourth-order valence-corrected chi connectivity index (χ4v) is 4.60. The Hall–Kier alpha value is -2.97. The first-order chi connectivity index (χ1) is 15.5. The zero-order valence-electron chi connectivity index (χ0n) is 18.1. The summed E-state index contributed by atoms with van der Waals surface area (Å²) in [7, 11) is 0. The number of carbonyl (C=O) groups excluding carboxylic acids is 1. The topological polar surface area (TPSA) is 90.1 Å². The van der Waals surface area contributed by atoms with Gasteiger partial charge in [0.1, 0.15) is 16.9 Å². The van der Waals surface area contributed by atoms with E-state index in [9.17, 15) is 4.79 Å². The second kappa shape index (κ2) is 8.52. The molecule has 0 fully saturated rings. The Labute approximate surface area is 190 Å². The molecule has 4 heterocycles. The molecule has 4 aromatic rings. The maximum atomic E-state index is 12.3. The summed E-state index contributed by atoms with van der Waals surface area (Å²) >= 11 is 1.34. The number of hydrogen-bond acceptors (Lipinski definition) is 7. The lowest BCUT2D eigenvalue weighted by molar-refractivity contribution is -0.118. The number of hydrogen-bond donors (Lipinski definition) is 1. The monoisotopic (exact) mass is 448 g/mol. The van der Waals surface area contributed by atoms with Gasteiger partial charge in [0.2, 0.25) is 11.6 Å². The van der Waals surface area contributed by atoms with Crippen LogP contribution in [0.3, 0.4) is 0 Å². The fourth-order valence-electron chi connectivity index (χ4n) is 3.84. The van der Waals surface area contributed by atoms with Gasteiger partial charge < -0.3 is 14.5 Å². The van der Waals surface area contributed by atoms with Gasteiger partial charge in [0.15, 0.2) is 5.58 Å². The molecule has 0 unspecified atom stereocenters. The first-order valence-electron chi connectivity index (χ1n) is 10.6. The maximum absolute atomic E-state index is 12.3. The molecule has 0 radical (unpaired) electrons. The molecule has 164 valence electrons. The van der Waals surface area contributed by atoms with Crippen molar-refractivity contribution in [2.24, 2.45) is 0 Å². The number of benzene rings is 1. The van der Waals surface area contributed by atoms with E-state index in [2.05, 4.69) is 47.3 Å². The highest BCUT2D eigenvalue weighted by molar-refractivity contribution is 8.00. The standard InChI is InChI=1S/C24H24N4O3S/c1-24(2)11-18-16(12-30-24)10-17-20-21(31-22(17)28-18)23(27-14-26-20)32-13-19(29)25-9-8-15-6-4-3-5-7-15/h3-7,10,14H,8-9,11-13H2,1-2H3,(H,25,29). The summed E-state index contributed by atoms with van der Waals surface area (Å²) in [4.78, 5) is 25.8. The maximum Gasteiger partial charge on any atom is 0.230 e. The SMILES string of the molecule is CC1(C)Cc2nc3oc4c(SCC(=O)NCCc5ccccc5)ncnc4c3cc2CO1. The van der Waals surface area contributed by atoms with E-state index in [1.165, 1.54) is 23.7 Å². The predicted molar refractivity (Wildman–Crippen MR) is 124 cm³/mol. The number of thioether (sulfide) groups is 1. The van der Waals surface area contributed by atoms with Gasteiger partial charge in [-0.2, -0.15) is 0 Å². The second-order valence-electron chi connectivity index (χ2n) is 8.50. The van der Waals surface area contributed by atoms with Crippen molar-refractivity contribution < 1.29 is 13.9 Å². The second-order valence-corrected chi connectivity index (χ2v) is 9.47. The van der Waals surface area contributed by atoms with Crippen LogP contribution in [0.25, 0.3) is 22.2 Å². The van der Waals surface area contributed by atoms with E-state index in [0.717, 1.165) is 29.5 Å². The van der Waals surface area contributed by atoms with Crippen molar-refractivity contribution in [3.8, 4) is 0 Å². The van der Waals surface area contributed by atoms with Crippen molar-refractivity contribution in [1.29, 1.82) is 0 Å². The lowest BCUT2D eigenvalue weighted by atomic mass is 9.95. The van der Waals surface area contributed by atoms with Crippen LogP contribution in [0.5, 0.6) is 0 Å². The Kier molecular flexibility index (Phi) is 5.57. The van der Waals surface area contributed by atoms with Gasteiger partial charge in [0.05, 0.1) is 29.0 Å². The third-order valence-corrected chi connectivity index (χ3v) is 6.48. The molecule has 0 saturated carbocycles. The molecular weight excluding hydrogens is 424 g/mol. The van der Waals surface area contributed by atoms with Gasteiger partial charge in [-0.15, -0.1) is 0 Å². The molecule has 3 aromatic heterocycles. The summed E-state index contributed by atoms with van der Waals surface area (Å²) in [6, 6.07) is 12.1. The molecule has 1 aromatic carbocycles. The Morgan fingerprint density at radius 2 is 2.06 bits per heavy atom. The van der Waals surface area contributed by atoms with Crippen LogP contribution in [-0.4, -0.2) is 38.8 Å². The molecule has 32 heavy (non-hydrogen) atoms. The quantitative estimate of drug-likeness (QED) is 0.351. The minimum atomic E-state index is -0.242. The van der Waals surface area contributed by atoms with Crippen LogP contribution < -0.4 is 5.32 Å². The Morgan fingerprint density at radius 1 is 1.22 bits per heavy atom. The third kappa shape index (κ3) is 4.33. The molecule has 0 aliphatic carbocycles. The van der Waals surface area contributed by atoms with Crippen LogP contribution in [0.4, 0.5) is 0 Å². The van der Waals surface area contributed by atoms with Gasteiger partial charge in [0, 0.05) is 18.5 Å². The average molecular weight is 449 g/mol. The number of ether oxygens (including phenoxy) is 1. The van der Waals surface area contributed by atoms with Crippen molar-refractivity contribution >= 4 is 39.9 Å². The van der Waals surface area contributed by atoms with Crippen LogP contribution >= 0.6 is 11.8 Å². The van der Waals surface area contributed by atoms with Crippen LogP contribution in [0, 0.1) is 0 Å². The van der Waals surface area contributed by atoms with Crippen LogP contribution in [0.1, 0.15) is 30.7 Å². The van der Waals surface area contributed by atoms with E-state index in [4.69, 9.17) is 14.1 Å². The van der Waals surface area contributed by atoms with E-state index in [1.807, 2.05) is 18.2 Å². The van der Waals surface area contributed by atoms with E-state index in [-0.39, 0.29) is 17.3 Å². The molecule has 0 spiro atoms. The molecule has 1 aliphatic rings. The number of rotatable bonds is 6. The van der Waals surface area contributed by atoms with Crippen LogP contribution in [0.2, 0.25) is 0 Å². The average Bonchev–Trinajstić information content (AvgIpc) is 3.14. The first kappa shape index (κ1) is 20.9. The zero-order chi connectivity index (χ0) is 22.1. The number of nitrogens with zero attached hydrogens (tertiary/aromatic N) is 3. The summed E-state index contributed by atoms with van der Waals surface area (Å²) in [5.41, 5.74) is 4.84. The number of amides is 1. The largest absolute Gasteiger partial charge is 0.433 e. The van der Waals surface area contributed by atoms with Gasteiger partial charge in [-0.3, -0.25) is 4.79 Å². The number of aromatic nitrogens is 3. The molecule has 7 nitrogen and oxygen atoms in total. The van der Waals surface area contributed by atoms with Gasteiger partial charge in [-0.1, -0.05) is 42.1 Å². The molecular formula is C24H24N4O3S. The molecule has 0 atom stereocenters. The van der Waals surface area contributed by atoms with Gasteiger partial charge in [0.25, 0.3) is 0 Å². The highest BCUT2D eigenvalue weighted by Crippen LogP contribution is 2.35. The first-order valence-corrected chi connectivity index (χ1v) is 11.6. The van der Waals surface area contributed by atoms with Gasteiger partial charge >= 0.3 is 0 Å². The third-order valence-electron chi connectivity index (χ3n) is 5.51. The number of pyridine rings is 1. The van der Waals surface area contributed by atoms with E-state index in [1.54, 1.807) is 0 Å². The molecule has 1 aliphatic heterocycles. The van der Waals surface area contributed by atoms with Crippen molar-refractivity contribution in [2.75, 3.05) is 12.3 Å². The Balaban J connectivity index is 1.30. The molecule has 8 heteroatoms. The normalized spacial score (nSPS) is 15.1. The van der Waals surface area contributed by atoms with Crippen LogP contribution in [-0.2, 0) is 29.0 Å². The van der Waals surface area contributed by atoms with Crippen molar-refractivity contribution in [3.63, 3.8) is 0 Å². The lowest BCUT2D eigenvalue weighted by Crippen LogP contribution is -2.32. The number of fused-ring (bicyclic) bond motifs is 4. The van der Waals surface area contributed by atoms with Crippen molar-refractivity contribution in [1.82, 2.24) is 20.3 Å². The summed E-state index contributed by atoms with van der Waals surface area (Å²) in [6.07, 6.45) is 3.03. The highest BCUT2D eigenvalue weighted by Gasteiger charge is 2.28. The molecule has 1 N–H and O–H groups in total. The molecule has 1 amide bonds. The number of nitrogens with one attached hydrogen (secondary N) is 1. The van der Waals surface area contributed by atoms with Crippen molar-refractivity contribution in [3.05, 3.63) is 59.5 Å². The van der Waals surface area contributed by atoms with Gasteiger partial charge in [-0.25, -0.2) is 15.0 Å². The Bertz CT molecular complexity index is 1290. The summed E-state index contributed by atoms with van der Waals surface area (Å²) in [5.74, 6) is 0.214. The lowest BCUT2D eigenvalue weighted by Gasteiger charge is -2.30. The highest BCUT2D eigenvalue weighted by atomic mass is 32.2. The predicted octanol–water partition coefficient (Wildman–Crippen LogP) is 4.07. The number of carbonyl (C=O) groups is 1. The molecule has 5 rings (SSSR count). The zero-order valence-corrected chi connectivity index (χ0v) is 18.9. The number of furan rings is 1. The summed E-state index contributed by atoms with van der Waals surface area (Å²) in [6.45, 7) is 5.24. The molecule has 0 bridgehead atoms. The minimum absolute atomic E-state index is 0.0400. The smallest absolute Gasteiger partial charge is 0.230 e. The Morgan fingerprint density at radius 3 is 2.91 bits per heavy atom. The summed E-state index contributed by atoms with van der Waals surface area (Å²) in [5, 5.41) is 4.45. The fraction of sp³-hybridized carbons (Fsp3) is 0.333. The van der Waals surface area contributed by atoms with E-state index < -0.39 is 0 Å². The van der Waals surface area contributed by atoms with E-state index >= 15 is 0 Å². The summed E-state index contributed by atoms with van der Waals surface area (Å²) < 4.78 is 12.0.